The number of benzene rings is 1. The number of pyridine rings is 1. The van der Waals surface area contributed by atoms with Crippen molar-refractivity contribution in [2.45, 2.75) is 27.3 Å². The van der Waals surface area contributed by atoms with Crippen LogP contribution in [-0.2, 0) is 6.54 Å². The second kappa shape index (κ2) is 7.41. The van der Waals surface area contributed by atoms with Crippen molar-refractivity contribution in [3.8, 4) is 0 Å². The molecular formula is C18H21N3O. The molecule has 1 aromatic carbocycles. The number of hydrogen-bond acceptors (Lipinski definition) is 2. The zero-order valence-electron chi connectivity index (χ0n) is 13.2. The molecule has 0 radical (unpaired) electrons. The average Bonchev–Trinajstić information content (AvgIpc) is 3.02. The van der Waals surface area contributed by atoms with Crippen LogP contribution in [0.25, 0.3) is 10.9 Å². The molecule has 2 N–H and O–H groups in total. The van der Waals surface area contributed by atoms with Gasteiger partial charge in [0.05, 0.1) is 0 Å². The average molecular weight is 295 g/mol. The summed E-state index contributed by atoms with van der Waals surface area (Å²) in [6.45, 7) is 6.38. The minimum Gasteiger partial charge on any atom is -0.361 e. The van der Waals surface area contributed by atoms with Gasteiger partial charge in [-0.05, 0) is 47.7 Å². The first-order valence-corrected chi connectivity index (χ1v) is 7.50. The van der Waals surface area contributed by atoms with Crippen molar-refractivity contribution in [1.82, 2.24) is 15.3 Å². The third-order valence-corrected chi connectivity index (χ3v) is 3.30. The molecule has 3 rings (SSSR count). The van der Waals surface area contributed by atoms with Gasteiger partial charge in [0.25, 0.3) is 5.91 Å². The van der Waals surface area contributed by atoms with Gasteiger partial charge in [0.2, 0.25) is 0 Å². The number of carbonyl (C=O) groups is 1. The van der Waals surface area contributed by atoms with Crippen molar-refractivity contribution in [3.63, 3.8) is 0 Å². The number of carbonyl (C=O) groups excluding carboxylic acids is 1. The molecule has 0 bridgehead atoms. The first kappa shape index (κ1) is 15.8. The van der Waals surface area contributed by atoms with Crippen LogP contribution in [-0.4, -0.2) is 15.9 Å². The second-order valence-corrected chi connectivity index (χ2v) is 4.75. The first-order valence-electron chi connectivity index (χ1n) is 7.50. The van der Waals surface area contributed by atoms with Gasteiger partial charge in [-0.15, -0.1) is 0 Å². The molecule has 0 saturated carbocycles. The Morgan fingerprint density at radius 1 is 1.23 bits per heavy atom. The fraction of sp³-hybridized carbons (Fsp3) is 0.222. The molecule has 0 atom stereocenters. The number of hydrogen-bond donors (Lipinski definition) is 2. The van der Waals surface area contributed by atoms with Crippen LogP contribution in [0.4, 0.5) is 0 Å². The second-order valence-electron chi connectivity index (χ2n) is 4.75. The summed E-state index contributed by atoms with van der Waals surface area (Å²) < 4.78 is 0. The van der Waals surface area contributed by atoms with Gasteiger partial charge in [-0.2, -0.15) is 0 Å². The molecule has 0 aliphatic rings. The SMILES string of the molecule is CC.Cc1cccnc1C(=O)NCc1ccc2[nH]ccc2c1. The lowest BCUT2D eigenvalue weighted by Crippen LogP contribution is -2.24. The standard InChI is InChI=1S/C16H15N3O.C2H6/c1-11-3-2-7-18-15(11)16(20)19-10-12-4-5-14-13(9-12)6-8-17-14;1-2/h2-9,17H,10H2,1H3,(H,19,20);1-2H3. The smallest absolute Gasteiger partial charge is 0.270 e. The highest BCUT2D eigenvalue weighted by atomic mass is 16.1. The van der Waals surface area contributed by atoms with Crippen LogP contribution in [0.2, 0.25) is 0 Å². The maximum atomic E-state index is 12.1. The van der Waals surface area contributed by atoms with E-state index in [1.54, 1.807) is 6.20 Å². The van der Waals surface area contributed by atoms with Gasteiger partial charge >= 0.3 is 0 Å². The summed E-state index contributed by atoms with van der Waals surface area (Å²) in [6.07, 6.45) is 3.54. The topological polar surface area (TPSA) is 57.8 Å². The van der Waals surface area contributed by atoms with Crippen molar-refractivity contribution in [1.29, 1.82) is 0 Å². The van der Waals surface area contributed by atoms with Crippen LogP contribution < -0.4 is 5.32 Å². The van der Waals surface area contributed by atoms with E-state index in [-0.39, 0.29) is 5.91 Å². The van der Waals surface area contributed by atoms with Crippen LogP contribution in [0.3, 0.4) is 0 Å². The van der Waals surface area contributed by atoms with E-state index >= 15 is 0 Å². The molecule has 0 saturated heterocycles. The molecular weight excluding hydrogens is 274 g/mol. The molecule has 1 amide bonds. The van der Waals surface area contributed by atoms with Crippen molar-refractivity contribution in [2.24, 2.45) is 0 Å². The summed E-state index contributed by atoms with van der Waals surface area (Å²) in [6, 6.07) is 11.8. The summed E-state index contributed by atoms with van der Waals surface area (Å²) >= 11 is 0. The molecule has 0 aliphatic heterocycles. The van der Waals surface area contributed by atoms with Gasteiger partial charge in [-0.25, -0.2) is 0 Å². The van der Waals surface area contributed by atoms with Gasteiger partial charge in [-0.3, -0.25) is 9.78 Å². The Morgan fingerprint density at radius 2 is 2.05 bits per heavy atom. The Kier molecular flexibility index (Phi) is 5.31. The lowest BCUT2D eigenvalue weighted by molar-refractivity contribution is 0.0945. The van der Waals surface area contributed by atoms with Crippen LogP contribution >= 0.6 is 0 Å². The van der Waals surface area contributed by atoms with Gasteiger partial charge in [-0.1, -0.05) is 26.0 Å². The van der Waals surface area contributed by atoms with Crippen LogP contribution in [0.15, 0.2) is 48.8 Å². The highest BCUT2D eigenvalue weighted by molar-refractivity contribution is 5.93. The van der Waals surface area contributed by atoms with E-state index in [1.807, 2.05) is 57.3 Å². The van der Waals surface area contributed by atoms with E-state index in [2.05, 4.69) is 21.4 Å². The summed E-state index contributed by atoms with van der Waals surface area (Å²) in [4.78, 5) is 19.3. The number of fused-ring (bicyclic) bond motifs is 1. The molecule has 2 aromatic heterocycles. The zero-order chi connectivity index (χ0) is 15.9. The Labute approximate surface area is 130 Å². The van der Waals surface area contributed by atoms with Crippen LogP contribution in [0.5, 0.6) is 0 Å². The number of amides is 1. The normalized spacial score (nSPS) is 9.95. The number of nitrogens with zero attached hydrogens (tertiary/aromatic N) is 1. The Morgan fingerprint density at radius 3 is 2.82 bits per heavy atom. The Bertz CT molecular complexity index is 762. The molecule has 4 nitrogen and oxygen atoms in total. The number of aromatic amines is 1. The van der Waals surface area contributed by atoms with Crippen molar-refractivity contribution in [3.05, 3.63) is 65.6 Å². The lowest BCUT2D eigenvalue weighted by Gasteiger charge is -2.07. The van der Waals surface area contributed by atoms with Gasteiger partial charge in [0.1, 0.15) is 5.69 Å². The number of rotatable bonds is 3. The maximum Gasteiger partial charge on any atom is 0.270 e. The number of aryl methyl sites for hydroxylation is 1. The van der Waals surface area contributed by atoms with E-state index in [1.165, 1.54) is 0 Å². The quantitative estimate of drug-likeness (QED) is 0.771. The van der Waals surface area contributed by atoms with Crippen molar-refractivity contribution < 1.29 is 4.79 Å². The molecule has 0 aliphatic carbocycles. The lowest BCUT2D eigenvalue weighted by atomic mass is 10.1. The monoisotopic (exact) mass is 295 g/mol. The molecule has 0 fully saturated rings. The van der Waals surface area contributed by atoms with Crippen LogP contribution in [0.1, 0.15) is 35.5 Å². The summed E-state index contributed by atoms with van der Waals surface area (Å²) in [5, 5.41) is 4.05. The minimum absolute atomic E-state index is 0.141. The van der Waals surface area contributed by atoms with Crippen molar-refractivity contribution >= 4 is 16.8 Å². The third kappa shape index (κ3) is 3.52. The minimum atomic E-state index is -0.141. The summed E-state index contributed by atoms with van der Waals surface area (Å²) in [5.41, 5.74) is 3.53. The fourth-order valence-electron chi connectivity index (χ4n) is 2.20. The zero-order valence-corrected chi connectivity index (χ0v) is 13.2. The highest BCUT2D eigenvalue weighted by Crippen LogP contribution is 2.14. The molecule has 114 valence electrons. The predicted molar refractivity (Wildman–Crippen MR) is 89.8 cm³/mol. The molecule has 3 aromatic rings. The van der Waals surface area contributed by atoms with Gasteiger partial charge in [0.15, 0.2) is 0 Å². The largest absolute Gasteiger partial charge is 0.361 e. The summed E-state index contributed by atoms with van der Waals surface area (Å²) in [5.74, 6) is -0.141. The maximum absolute atomic E-state index is 12.1. The van der Waals surface area contributed by atoms with Gasteiger partial charge < -0.3 is 10.3 Å². The predicted octanol–water partition coefficient (Wildman–Crippen LogP) is 3.83. The highest BCUT2D eigenvalue weighted by Gasteiger charge is 2.09. The van der Waals surface area contributed by atoms with E-state index in [4.69, 9.17) is 0 Å². The fourth-order valence-corrected chi connectivity index (χ4v) is 2.20. The molecule has 0 spiro atoms. The number of H-pyrrole nitrogens is 1. The van der Waals surface area contributed by atoms with E-state index in [0.717, 1.165) is 22.0 Å². The van der Waals surface area contributed by atoms with Crippen LogP contribution in [0, 0.1) is 6.92 Å². The van der Waals surface area contributed by atoms with E-state index < -0.39 is 0 Å². The van der Waals surface area contributed by atoms with Crippen molar-refractivity contribution in [2.75, 3.05) is 0 Å². The molecule has 0 unspecified atom stereocenters. The van der Waals surface area contributed by atoms with Gasteiger partial charge in [0, 0.05) is 24.5 Å². The molecule has 4 heteroatoms. The molecule has 22 heavy (non-hydrogen) atoms. The molecule has 2 heterocycles. The number of aromatic nitrogens is 2. The Hall–Kier alpha value is -2.62. The summed E-state index contributed by atoms with van der Waals surface area (Å²) in [7, 11) is 0. The number of nitrogens with one attached hydrogen (secondary N) is 2. The first-order chi connectivity index (χ1) is 10.7. The third-order valence-electron chi connectivity index (χ3n) is 3.30. The van der Waals surface area contributed by atoms with E-state index in [9.17, 15) is 4.79 Å². The Balaban J connectivity index is 0.000000847. The van der Waals surface area contributed by atoms with E-state index in [0.29, 0.717) is 12.2 Å².